The zero-order chi connectivity index (χ0) is 35.0. The van der Waals surface area contributed by atoms with E-state index in [0.717, 1.165) is 12.2 Å². The van der Waals surface area contributed by atoms with Crippen LogP contribution in [0.25, 0.3) is 0 Å². The summed E-state index contributed by atoms with van der Waals surface area (Å²) in [5.41, 5.74) is 6.74. The van der Waals surface area contributed by atoms with Gasteiger partial charge in [0.2, 0.25) is 35.4 Å². The molecule has 0 radical (unpaired) electrons. The van der Waals surface area contributed by atoms with Crippen molar-refractivity contribution in [3.8, 4) is 0 Å². The molecule has 6 amide bonds. The second-order valence-corrected chi connectivity index (χ2v) is 11.9. The van der Waals surface area contributed by atoms with Crippen LogP contribution in [0.3, 0.4) is 0 Å². The highest BCUT2D eigenvalue weighted by Gasteiger charge is 2.31. The Labute approximate surface area is 284 Å². The molecule has 1 fully saturated rings. The number of piperidine rings is 1. The number of carbonyl (C=O) groups excluding carboxylic acids is 6. The molecule has 2 bridgehead atoms. The molecule has 2 aromatic rings. The van der Waals surface area contributed by atoms with Gasteiger partial charge in [-0.2, -0.15) is 0 Å². The first-order valence-electron chi connectivity index (χ1n) is 16.5. The zero-order valence-electron chi connectivity index (χ0n) is 27.4. The summed E-state index contributed by atoms with van der Waals surface area (Å²) in [5, 5.41) is 13.9. The summed E-state index contributed by atoms with van der Waals surface area (Å²) < 4.78 is 10.8. The Kier molecular flexibility index (Phi) is 14.3. The molecule has 3 atom stereocenters. The lowest BCUT2D eigenvalue weighted by atomic mass is 9.96. The number of nitrogens with zero attached hydrogens (tertiary/aromatic N) is 1. The first-order valence-corrected chi connectivity index (χ1v) is 16.5. The number of fused-ring (bicyclic) bond motifs is 3. The predicted octanol–water partition coefficient (Wildman–Crippen LogP) is -0.943. The average molecular weight is 680 g/mol. The largest absolute Gasteiger partial charge is 0.469 e. The van der Waals surface area contributed by atoms with Crippen LogP contribution in [-0.2, 0) is 52.9 Å². The molecule has 264 valence electrons. The van der Waals surface area contributed by atoms with Gasteiger partial charge < -0.3 is 46.4 Å². The quantitative estimate of drug-likeness (QED) is 0.190. The van der Waals surface area contributed by atoms with Crippen molar-refractivity contribution in [2.45, 2.75) is 50.7 Å². The Bertz CT molecular complexity index is 1480. The standard InChI is InChI=1S/C34H45N7O8/c35-12-17-48-18-14-37-33(46)27-11-13-36-29(42)9-10-31(44)41-15-3-7-25(22-41)32(45)40-28(20-26-8-4-16-49-26)34(47)38-21-24-6-2-1-5-23(24)19-30(43)39-27/h1-2,4-6,8-10,16,25,27-28H,3,7,11-15,17-22,35H2,(H,36,42)(H,37,46)(H,38,47)(H,39,43)(H,40,45)/b10-9+/t25-,27+,28+/m1/s1. The van der Waals surface area contributed by atoms with Gasteiger partial charge in [0.1, 0.15) is 17.8 Å². The highest BCUT2D eigenvalue weighted by atomic mass is 16.5. The van der Waals surface area contributed by atoms with E-state index in [4.69, 9.17) is 14.9 Å². The first kappa shape index (κ1) is 36.8. The number of amides is 6. The number of carbonyl (C=O) groups is 6. The maximum absolute atomic E-state index is 13.5. The number of nitrogens with two attached hydrogens (primary N) is 1. The van der Waals surface area contributed by atoms with Gasteiger partial charge in [0.15, 0.2) is 0 Å². The minimum absolute atomic E-state index is 0.0349. The minimum atomic E-state index is -0.978. The molecule has 4 rings (SSSR count). The summed E-state index contributed by atoms with van der Waals surface area (Å²) in [6.45, 7) is 1.78. The van der Waals surface area contributed by atoms with Crippen molar-refractivity contribution < 1.29 is 37.9 Å². The van der Waals surface area contributed by atoms with Gasteiger partial charge in [-0.25, -0.2) is 0 Å². The molecule has 0 unspecified atom stereocenters. The van der Waals surface area contributed by atoms with E-state index in [1.807, 2.05) is 0 Å². The topological polar surface area (TPSA) is 214 Å². The highest BCUT2D eigenvalue weighted by Crippen LogP contribution is 2.18. The summed E-state index contributed by atoms with van der Waals surface area (Å²) in [7, 11) is 0. The predicted molar refractivity (Wildman–Crippen MR) is 177 cm³/mol. The molecule has 0 saturated carbocycles. The van der Waals surface area contributed by atoms with E-state index < -0.39 is 47.5 Å². The molecule has 7 N–H and O–H groups in total. The smallest absolute Gasteiger partial charge is 0.246 e. The lowest BCUT2D eigenvalue weighted by Crippen LogP contribution is -2.52. The van der Waals surface area contributed by atoms with Gasteiger partial charge in [-0.15, -0.1) is 0 Å². The van der Waals surface area contributed by atoms with Crippen molar-refractivity contribution in [3.05, 3.63) is 71.7 Å². The number of benzene rings is 1. The Morgan fingerprint density at radius 2 is 1.78 bits per heavy atom. The lowest BCUT2D eigenvalue weighted by Gasteiger charge is -2.32. The summed E-state index contributed by atoms with van der Waals surface area (Å²) in [6.07, 6.45) is 4.91. The Hall–Kier alpha value is -5.02. The Morgan fingerprint density at radius 3 is 2.55 bits per heavy atom. The minimum Gasteiger partial charge on any atom is -0.469 e. The van der Waals surface area contributed by atoms with Crippen molar-refractivity contribution in [2.24, 2.45) is 11.7 Å². The molecule has 3 heterocycles. The maximum atomic E-state index is 13.5. The molecule has 1 aromatic carbocycles. The second-order valence-electron chi connectivity index (χ2n) is 11.9. The van der Waals surface area contributed by atoms with E-state index in [-0.39, 0.29) is 58.0 Å². The van der Waals surface area contributed by atoms with Crippen molar-refractivity contribution in [1.82, 2.24) is 31.5 Å². The van der Waals surface area contributed by atoms with Crippen molar-refractivity contribution in [1.29, 1.82) is 0 Å². The van der Waals surface area contributed by atoms with Crippen LogP contribution >= 0.6 is 0 Å². The van der Waals surface area contributed by atoms with Crippen LogP contribution in [0.5, 0.6) is 0 Å². The third-order valence-electron chi connectivity index (χ3n) is 8.21. The fourth-order valence-corrected chi connectivity index (χ4v) is 5.62. The molecular weight excluding hydrogens is 634 g/mol. The van der Waals surface area contributed by atoms with Crippen LogP contribution in [-0.4, -0.2) is 98.4 Å². The molecule has 2 aliphatic rings. The van der Waals surface area contributed by atoms with Crippen molar-refractivity contribution in [2.75, 3.05) is 45.9 Å². The summed E-state index contributed by atoms with van der Waals surface area (Å²) >= 11 is 0. The van der Waals surface area contributed by atoms with Gasteiger partial charge >= 0.3 is 0 Å². The van der Waals surface area contributed by atoms with E-state index in [9.17, 15) is 28.8 Å². The monoisotopic (exact) mass is 679 g/mol. The number of hydrogen-bond donors (Lipinski definition) is 6. The fraction of sp³-hybridized carbons (Fsp3) is 0.471. The number of hydrogen-bond acceptors (Lipinski definition) is 9. The number of ether oxygens (including phenoxy) is 1. The molecule has 1 saturated heterocycles. The molecule has 0 spiro atoms. The second kappa shape index (κ2) is 19.1. The molecule has 15 heteroatoms. The first-order chi connectivity index (χ1) is 23.7. The van der Waals surface area contributed by atoms with E-state index in [1.165, 1.54) is 11.2 Å². The summed E-state index contributed by atoms with van der Waals surface area (Å²) in [5.74, 6) is -2.75. The summed E-state index contributed by atoms with van der Waals surface area (Å²) in [4.78, 5) is 80.2. The Morgan fingerprint density at radius 1 is 0.959 bits per heavy atom. The van der Waals surface area contributed by atoms with Crippen LogP contribution < -0.4 is 32.3 Å². The van der Waals surface area contributed by atoms with Gasteiger partial charge in [-0.05, 0) is 42.5 Å². The zero-order valence-corrected chi connectivity index (χ0v) is 27.4. The van der Waals surface area contributed by atoms with Gasteiger partial charge in [-0.3, -0.25) is 28.8 Å². The van der Waals surface area contributed by atoms with E-state index in [2.05, 4.69) is 26.6 Å². The maximum Gasteiger partial charge on any atom is 0.246 e. The number of furan rings is 1. The normalized spacial score (nSPS) is 22.3. The average Bonchev–Trinajstić information content (AvgIpc) is 3.62. The fourth-order valence-electron chi connectivity index (χ4n) is 5.62. The van der Waals surface area contributed by atoms with Crippen molar-refractivity contribution in [3.63, 3.8) is 0 Å². The lowest BCUT2D eigenvalue weighted by molar-refractivity contribution is -0.135. The molecule has 2 aliphatic heterocycles. The third-order valence-corrected chi connectivity index (χ3v) is 8.21. The van der Waals surface area contributed by atoms with Crippen LogP contribution in [0, 0.1) is 5.92 Å². The molecular formula is C34H45N7O8. The third kappa shape index (κ3) is 11.9. The van der Waals surface area contributed by atoms with Gasteiger partial charge in [-0.1, -0.05) is 24.3 Å². The van der Waals surface area contributed by atoms with Crippen LogP contribution in [0.4, 0.5) is 0 Å². The van der Waals surface area contributed by atoms with Crippen LogP contribution in [0.15, 0.2) is 59.2 Å². The molecule has 49 heavy (non-hydrogen) atoms. The van der Waals surface area contributed by atoms with Gasteiger partial charge in [0, 0.05) is 57.8 Å². The van der Waals surface area contributed by atoms with E-state index in [1.54, 1.807) is 36.4 Å². The van der Waals surface area contributed by atoms with E-state index in [0.29, 0.717) is 49.4 Å². The van der Waals surface area contributed by atoms with Crippen LogP contribution in [0.2, 0.25) is 0 Å². The SMILES string of the molecule is NCCOCCNC(=O)[C@@H]1CCNC(=O)/C=C/C(=O)N2CCC[C@H](C2)C(=O)N[C@@H](Cc2ccco2)C(=O)NCc2ccccc2CC(=O)N1. The molecule has 0 aliphatic carbocycles. The highest BCUT2D eigenvalue weighted by molar-refractivity contribution is 5.97. The summed E-state index contributed by atoms with van der Waals surface area (Å²) in [6, 6.07) is 8.54. The number of nitrogens with one attached hydrogen (secondary N) is 5. The number of rotatable bonds is 8. The van der Waals surface area contributed by atoms with Crippen molar-refractivity contribution >= 4 is 35.4 Å². The van der Waals surface area contributed by atoms with E-state index >= 15 is 0 Å². The Balaban J connectivity index is 1.54. The van der Waals surface area contributed by atoms with Gasteiger partial charge in [0.05, 0.1) is 31.8 Å². The van der Waals surface area contributed by atoms with Gasteiger partial charge in [0.25, 0.3) is 0 Å². The van der Waals surface area contributed by atoms with Crippen LogP contribution in [0.1, 0.15) is 36.1 Å². The molecule has 15 nitrogen and oxygen atoms in total. The molecule has 1 aromatic heterocycles.